The highest BCUT2D eigenvalue weighted by Gasteiger charge is 2.34. The minimum absolute atomic E-state index is 0.359. The van der Waals surface area contributed by atoms with E-state index < -0.39 is 0 Å². The van der Waals surface area contributed by atoms with Crippen LogP contribution in [0, 0.1) is 10.8 Å². The first-order chi connectivity index (χ1) is 6.52. The number of hydrogen-bond donors (Lipinski definition) is 0. The van der Waals surface area contributed by atoms with Crippen molar-refractivity contribution in [2.24, 2.45) is 10.8 Å². The van der Waals surface area contributed by atoms with Crippen LogP contribution < -0.4 is 0 Å². The molecule has 0 nitrogen and oxygen atoms in total. The van der Waals surface area contributed by atoms with Gasteiger partial charge in [-0.05, 0) is 35.2 Å². The summed E-state index contributed by atoms with van der Waals surface area (Å²) in [5, 5.41) is 0.359. The van der Waals surface area contributed by atoms with E-state index in [1.54, 1.807) is 0 Å². The highest BCUT2D eigenvalue weighted by Crippen LogP contribution is 2.44. The van der Waals surface area contributed by atoms with E-state index in [1.165, 1.54) is 25.7 Å². The lowest BCUT2D eigenvalue weighted by Crippen LogP contribution is -2.34. The summed E-state index contributed by atoms with van der Waals surface area (Å²) in [6.45, 7) is 16.5. The fraction of sp³-hybridized carbons (Fsp3) is 1.00. The molecule has 0 spiro atoms. The normalized spacial score (nSPS) is 17.6. The topological polar surface area (TPSA) is 0 Å². The molecule has 0 bridgehead atoms. The maximum Gasteiger partial charge on any atom is -0.0130 e. The third-order valence-electron chi connectivity index (χ3n) is 3.96. The number of hydrogen-bond acceptors (Lipinski definition) is 0. The number of rotatable bonds is 5. The Morgan fingerprint density at radius 2 is 1.27 bits per heavy atom. The molecule has 0 aromatic rings. The summed E-state index contributed by atoms with van der Waals surface area (Å²) in [5.74, 6) is 0. The Morgan fingerprint density at radius 3 is 1.60 bits per heavy atom. The Kier molecular flexibility index (Phi) is 5.32. The van der Waals surface area contributed by atoms with Crippen LogP contribution in [0.3, 0.4) is 0 Å². The molecule has 0 fully saturated rings. The second kappa shape index (κ2) is 5.17. The van der Waals surface area contributed by atoms with Crippen molar-refractivity contribution in [1.29, 1.82) is 0 Å². The zero-order valence-electron chi connectivity index (χ0n) is 11.9. The van der Waals surface area contributed by atoms with E-state index in [0.717, 1.165) is 0 Å². The van der Waals surface area contributed by atoms with Gasteiger partial charge in [-0.1, -0.05) is 54.9 Å². The lowest BCUT2D eigenvalue weighted by molar-refractivity contribution is 0.224. The van der Waals surface area contributed by atoms with Gasteiger partial charge in [-0.3, -0.25) is 0 Å². The largest absolute Gasteiger partial charge is 0.131 e. The van der Waals surface area contributed by atoms with Crippen molar-refractivity contribution >= 4 is 9.24 Å². The Hall–Kier alpha value is 0.430. The molecule has 15 heavy (non-hydrogen) atoms. The van der Waals surface area contributed by atoms with Crippen LogP contribution in [0.5, 0.6) is 0 Å². The SMILES string of the molecule is CCCC(C)(C)CCC(C)(P)C(C)(C)C. The van der Waals surface area contributed by atoms with Gasteiger partial charge in [0.2, 0.25) is 0 Å². The Morgan fingerprint density at radius 1 is 0.800 bits per heavy atom. The van der Waals surface area contributed by atoms with E-state index in [4.69, 9.17) is 0 Å². The molecule has 0 aliphatic carbocycles. The molecule has 92 valence electrons. The van der Waals surface area contributed by atoms with Gasteiger partial charge < -0.3 is 0 Å². The van der Waals surface area contributed by atoms with Gasteiger partial charge in [0.05, 0.1) is 0 Å². The summed E-state index contributed by atoms with van der Waals surface area (Å²) in [6.07, 6.45) is 5.28. The highest BCUT2D eigenvalue weighted by molar-refractivity contribution is 7.19. The van der Waals surface area contributed by atoms with Crippen LogP contribution in [0.15, 0.2) is 0 Å². The second-order valence-electron chi connectivity index (χ2n) is 7.08. The molecule has 2 unspecified atom stereocenters. The first-order valence-corrected chi connectivity index (χ1v) is 6.88. The van der Waals surface area contributed by atoms with Crippen molar-refractivity contribution < 1.29 is 0 Å². The Balaban J connectivity index is 4.26. The average molecular weight is 230 g/mol. The zero-order valence-corrected chi connectivity index (χ0v) is 13.1. The summed E-state index contributed by atoms with van der Waals surface area (Å²) >= 11 is 0. The molecule has 1 heteroatoms. The maximum atomic E-state index is 3.08. The van der Waals surface area contributed by atoms with Gasteiger partial charge in [0.1, 0.15) is 0 Å². The second-order valence-corrected chi connectivity index (χ2v) is 8.36. The van der Waals surface area contributed by atoms with Crippen molar-refractivity contribution in [3.63, 3.8) is 0 Å². The zero-order chi connectivity index (χ0) is 12.3. The molecule has 0 heterocycles. The fourth-order valence-corrected chi connectivity index (χ4v) is 1.92. The van der Waals surface area contributed by atoms with Crippen molar-refractivity contribution in [2.75, 3.05) is 0 Å². The van der Waals surface area contributed by atoms with Crippen molar-refractivity contribution in [3.05, 3.63) is 0 Å². The monoisotopic (exact) mass is 230 g/mol. The fourth-order valence-electron chi connectivity index (χ4n) is 1.77. The Labute approximate surface area is 99.8 Å². The highest BCUT2D eigenvalue weighted by atomic mass is 31.0. The van der Waals surface area contributed by atoms with Gasteiger partial charge in [0.25, 0.3) is 0 Å². The third kappa shape index (κ3) is 5.34. The van der Waals surface area contributed by atoms with Gasteiger partial charge in [-0.2, -0.15) is 0 Å². The van der Waals surface area contributed by atoms with Gasteiger partial charge in [-0.15, -0.1) is 9.24 Å². The van der Waals surface area contributed by atoms with Gasteiger partial charge in [0, 0.05) is 0 Å². The van der Waals surface area contributed by atoms with Gasteiger partial charge >= 0.3 is 0 Å². The van der Waals surface area contributed by atoms with Crippen LogP contribution in [-0.2, 0) is 0 Å². The lowest BCUT2D eigenvalue weighted by Gasteiger charge is -2.41. The quantitative estimate of drug-likeness (QED) is 0.564. The van der Waals surface area contributed by atoms with E-state index in [9.17, 15) is 0 Å². The molecule has 0 saturated carbocycles. The molecule has 0 aromatic carbocycles. The molecule has 0 radical (unpaired) electrons. The first kappa shape index (κ1) is 15.4. The van der Waals surface area contributed by atoms with Crippen LogP contribution in [0.1, 0.15) is 74.1 Å². The van der Waals surface area contributed by atoms with Gasteiger partial charge in [-0.25, -0.2) is 0 Å². The predicted octanol–water partition coefficient (Wildman–Crippen LogP) is 5.27. The molecule has 0 amide bonds. The van der Waals surface area contributed by atoms with E-state index in [-0.39, 0.29) is 0 Å². The third-order valence-corrected chi connectivity index (χ3v) is 5.12. The molecule has 0 rings (SSSR count). The summed E-state index contributed by atoms with van der Waals surface area (Å²) in [7, 11) is 3.08. The van der Waals surface area contributed by atoms with Gasteiger partial charge in [0.15, 0.2) is 0 Å². The molecular weight excluding hydrogens is 199 g/mol. The van der Waals surface area contributed by atoms with E-state index >= 15 is 0 Å². The first-order valence-electron chi connectivity index (χ1n) is 6.31. The molecule has 0 aromatic heterocycles. The molecular formula is C14H31P. The van der Waals surface area contributed by atoms with E-state index in [0.29, 0.717) is 16.0 Å². The molecule has 0 aliphatic rings. The standard InChI is InChI=1S/C14H31P/c1-8-9-13(5,6)10-11-14(7,15)12(2,3)4/h8-11,15H2,1-7H3. The van der Waals surface area contributed by atoms with Crippen LogP contribution in [0.4, 0.5) is 0 Å². The minimum atomic E-state index is 0.359. The van der Waals surface area contributed by atoms with Crippen molar-refractivity contribution in [1.82, 2.24) is 0 Å². The van der Waals surface area contributed by atoms with Crippen LogP contribution >= 0.6 is 9.24 Å². The van der Waals surface area contributed by atoms with Crippen molar-refractivity contribution in [3.8, 4) is 0 Å². The van der Waals surface area contributed by atoms with E-state index in [2.05, 4.69) is 57.7 Å². The van der Waals surface area contributed by atoms with Crippen LogP contribution in [0.25, 0.3) is 0 Å². The average Bonchev–Trinajstić information content (AvgIpc) is 1.99. The molecule has 2 atom stereocenters. The summed E-state index contributed by atoms with van der Waals surface area (Å²) < 4.78 is 0. The maximum absolute atomic E-state index is 3.08. The molecule has 0 saturated heterocycles. The van der Waals surface area contributed by atoms with Crippen LogP contribution in [-0.4, -0.2) is 5.16 Å². The molecule has 0 N–H and O–H groups in total. The lowest BCUT2D eigenvalue weighted by atomic mass is 9.74. The summed E-state index contributed by atoms with van der Waals surface area (Å²) in [4.78, 5) is 0. The predicted molar refractivity (Wildman–Crippen MR) is 75.5 cm³/mol. The van der Waals surface area contributed by atoms with Crippen molar-refractivity contribution in [2.45, 2.75) is 79.3 Å². The summed E-state index contributed by atoms with van der Waals surface area (Å²) in [6, 6.07) is 0. The van der Waals surface area contributed by atoms with E-state index in [1.807, 2.05) is 0 Å². The minimum Gasteiger partial charge on any atom is -0.131 e. The van der Waals surface area contributed by atoms with Crippen LogP contribution in [0.2, 0.25) is 0 Å². The Bertz CT molecular complexity index is 184. The molecule has 0 aliphatic heterocycles. The summed E-state index contributed by atoms with van der Waals surface area (Å²) in [5.41, 5.74) is 0.887. The smallest absolute Gasteiger partial charge is 0.0130 e.